The lowest BCUT2D eigenvalue weighted by Gasteiger charge is -2.27. The van der Waals surface area contributed by atoms with Gasteiger partial charge in [-0.2, -0.15) is 0 Å². The highest BCUT2D eigenvalue weighted by Gasteiger charge is 2.22. The van der Waals surface area contributed by atoms with Crippen LogP contribution in [0.3, 0.4) is 0 Å². The molecule has 0 heterocycles. The summed E-state index contributed by atoms with van der Waals surface area (Å²) in [5, 5.41) is 0. The van der Waals surface area contributed by atoms with Crippen LogP contribution in [-0.4, -0.2) is 0 Å². The molecule has 4 unspecified atom stereocenters. The van der Waals surface area contributed by atoms with Crippen LogP contribution >= 0.6 is 0 Å². The molecule has 4 aromatic carbocycles. The van der Waals surface area contributed by atoms with Gasteiger partial charge in [0.05, 0.1) is 0 Å². The minimum Gasteiger partial charge on any atom is -0.0625 e. The average molecular weight is 753 g/mol. The zero-order chi connectivity index (χ0) is 39.9. The van der Waals surface area contributed by atoms with Gasteiger partial charge in [0.2, 0.25) is 0 Å². The van der Waals surface area contributed by atoms with Crippen molar-refractivity contribution in [3.63, 3.8) is 0 Å². The highest BCUT2D eigenvalue weighted by Crippen LogP contribution is 2.38. The van der Waals surface area contributed by atoms with Crippen molar-refractivity contribution in [1.29, 1.82) is 0 Å². The van der Waals surface area contributed by atoms with Gasteiger partial charge in [-0.3, -0.25) is 0 Å². The van der Waals surface area contributed by atoms with E-state index in [1.807, 2.05) is 0 Å². The van der Waals surface area contributed by atoms with Gasteiger partial charge in [0.1, 0.15) is 0 Å². The normalized spacial score (nSPS) is 27.6. The fraction of sp³-hybridized carbons (Fsp3) is 0.571. The van der Waals surface area contributed by atoms with E-state index in [0.717, 1.165) is 47.3 Å². The minimum atomic E-state index is 0.832. The van der Waals surface area contributed by atoms with Crippen LogP contribution in [0.5, 0.6) is 0 Å². The van der Waals surface area contributed by atoms with E-state index in [1.54, 1.807) is 22.3 Å². The molecule has 56 heavy (non-hydrogen) atoms. The molecule has 0 nitrogen and oxygen atoms in total. The smallest absolute Gasteiger partial charge is 0.0159 e. The van der Waals surface area contributed by atoms with E-state index in [4.69, 9.17) is 0 Å². The maximum absolute atomic E-state index is 2.39. The van der Waals surface area contributed by atoms with E-state index < -0.39 is 0 Å². The average Bonchev–Trinajstić information content (AvgIpc) is 3.20. The molecule has 4 aliphatic carbocycles. The van der Waals surface area contributed by atoms with Crippen molar-refractivity contribution in [2.45, 2.75) is 182 Å². The largest absolute Gasteiger partial charge is 0.0625 e. The second-order valence-corrected chi connectivity index (χ2v) is 19.5. The lowest BCUT2D eigenvalue weighted by atomic mass is 9.78. The molecule has 0 aromatic heterocycles. The van der Waals surface area contributed by atoms with Crippen LogP contribution in [0.4, 0.5) is 0 Å². The number of hydrogen-bond donors (Lipinski definition) is 0. The van der Waals surface area contributed by atoms with Crippen LogP contribution in [0.1, 0.15) is 199 Å². The summed E-state index contributed by atoms with van der Waals surface area (Å²) < 4.78 is 0. The molecule has 4 aromatic rings. The molecule has 0 amide bonds. The Hall–Kier alpha value is -3.12. The summed E-state index contributed by atoms with van der Waals surface area (Å²) >= 11 is 0. The van der Waals surface area contributed by atoms with Crippen LogP contribution in [0.15, 0.2) is 97.1 Å². The lowest BCUT2D eigenvalue weighted by molar-refractivity contribution is 0.344. The summed E-state index contributed by atoms with van der Waals surface area (Å²) in [5.74, 6) is 7.10. The Kier molecular flexibility index (Phi) is 17.9. The van der Waals surface area contributed by atoms with Crippen molar-refractivity contribution in [1.82, 2.24) is 0 Å². The van der Waals surface area contributed by atoms with Gasteiger partial charge in [-0.1, -0.05) is 198 Å². The first kappa shape index (κ1) is 44.0. The molecule has 8 rings (SSSR count). The Bertz CT molecular complexity index is 1660. The second-order valence-electron chi connectivity index (χ2n) is 19.5. The number of benzene rings is 4. The third kappa shape index (κ3) is 14.7. The molecule has 304 valence electrons. The molecule has 0 heteroatoms. The van der Waals surface area contributed by atoms with Gasteiger partial charge in [-0.05, 0) is 149 Å². The molecular weight excluding hydrogens is 673 g/mol. The zero-order valence-electron chi connectivity index (χ0n) is 37.2. The van der Waals surface area contributed by atoms with Gasteiger partial charge in [-0.15, -0.1) is 0 Å². The molecule has 0 N–H and O–H groups in total. The molecule has 4 atom stereocenters. The molecule has 0 saturated heterocycles. The number of aryl methyl sites for hydroxylation is 4. The molecule has 0 radical (unpaired) electrons. The van der Waals surface area contributed by atoms with Gasteiger partial charge < -0.3 is 0 Å². The summed E-state index contributed by atoms with van der Waals surface area (Å²) in [4.78, 5) is 0. The molecular formula is C56H80. The Morgan fingerprint density at radius 2 is 0.661 bits per heavy atom. The van der Waals surface area contributed by atoms with E-state index in [-0.39, 0.29) is 0 Å². The van der Waals surface area contributed by atoms with Crippen molar-refractivity contribution in [2.24, 2.45) is 23.7 Å². The molecule has 0 bridgehead atoms. The Morgan fingerprint density at radius 3 is 1.05 bits per heavy atom. The first-order chi connectivity index (χ1) is 27.0. The van der Waals surface area contributed by atoms with Crippen molar-refractivity contribution in [2.75, 3.05) is 0 Å². The van der Waals surface area contributed by atoms with Gasteiger partial charge in [0.25, 0.3) is 0 Å². The third-order valence-electron chi connectivity index (χ3n) is 14.0. The SMILES string of the molecule is Cc1ccc(C2CCC(C)CC2)cc1.Cc1ccc(C2CCCC(C)C2)cc1.Cc1cccc(C2CCC(C)CC2)c1.Cc1cccc(C2CCCC(C)C2)c1. The predicted molar refractivity (Wildman–Crippen MR) is 246 cm³/mol. The monoisotopic (exact) mass is 753 g/mol. The fourth-order valence-electron chi connectivity index (χ4n) is 10.2. The Morgan fingerprint density at radius 1 is 0.304 bits per heavy atom. The number of hydrogen-bond acceptors (Lipinski definition) is 0. The van der Waals surface area contributed by atoms with E-state index in [9.17, 15) is 0 Å². The highest BCUT2D eigenvalue weighted by molar-refractivity contribution is 5.28. The Labute approximate surface area is 345 Å². The van der Waals surface area contributed by atoms with Gasteiger partial charge in [-0.25, -0.2) is 0 Å². The van der Waals surface area contributed by atoms with Crippen molar-refractivity contribution in [3.8, 4) is 0 Å². The van der Waals surface area contributed by atoms with E-state index in [2.05, 4.69) is 152 Å². The lowest BCUT2D eigenvalue weighted by Crippen LogP contribution is -2.11. The van der Waals surface area contributed by atoms with Crippen molar-refractivity contribution < 1.29 is 0 Å². The topological polar surface area (TPSA) is 0 Å². The van der Waals surface area contributed by atoms with Crippen LogP contribution in [0.2, 0.25) is 0 Å². The summed E-state index contributed by atoms with van der Waals surface area (Å²) in [5.41, 5.74) is 11.8. The third-order valence-corrected chi connectivity index (χ3v) is 14.0. The summed E-state index contributed by atoms with van der Waals surface area (Å²) in [6.07, 6.45) is 22.5. The minimum absolute atomic E-state index is 0.832. The summed E-state index contributed by atoms with van der Waals surface area (Å²) in [6.45, 7) is 18.2. The number of rotatable bonds is 4. The summed E-state index contributed by atoms with van der Waals surface area (Å²) in [7, 11) is 0. The van der Waals surface area contributed by atoms with Gasteiger partial charge in [0.15, 0.2) is 0 Å². The van der Waals surface area contributed by atoms with Gasteiger partial charge in [0, 0.05) is 0 Å². The molecule has 4 aliphatic rings. The Balaban J connectivity index is 0.000000143. The molecule has 0 spiro atoms. The van der Waals surface area contributed by atoms with Crippen LogP contribution < -0.4 is 0 Å². The standard InChI is InChI=1S/4C14H20/c1-11-3-7-13(8-4-11)14-9-5-12(2)6-10-14;1-11-5-3-7-13(9-11)14-8-4-6-12(2)10-14;2*1-11-6-8-13(9-7-11)14-5-3-4-12(2)10-14/h3-4,7-8,12,14H,5-6,9-10H2,1-2H3;3,5,7,9,12,14H,4,6,8,10H2,1-2H3;6-9,12,14H,3-5,10H2,1-2H3;3-5,10-11,13H,6-9H2,1-2H3. The molecule has 4 saturated carbocycles. The van der Waals surface area contributed by atoms with Crippen LogP contribution in [-0.2, 0) is 0 Å². The fourth-order valence-corrected chi connectivity index (χ4v) is 10.2. The predicted octanol–water partition coefficient (Wildman–Crippen LogP) is 17.2. The van der Waals surface area contributed by atoms with E-state index in [1.165, 1.54) is 125 Å². The van der Waals surface area contributed by atoms with Crippen LogP contribution in [0, 0.1) is 51.4 Å². The summed E-state index contributed by atoms with van der Waals surface area (Å²) in [6, 6.07) is 36.3. The quantitative estimate of drug-likeness (QED) is 0.195. The van der Waals surface area contributed by atoms with Crippen molar-refractivity contribution >= 4 is 0 Å². The van der Waals surface area contributed by atoms with Gasteiger partial charge >= 0.3 is 0 Å². The molecule has 0 aliphatic heterocycles. The maximum atomic E-state index is 2.39. The van der Waals surface area contributed by atoms with Crippen molar-refractivity contribution in [3.05, 3.63) is 142 Å². The van der Waals surface area contributed by atoms with E-state index >= 15 is 0 Å². The maximum Gasteiger partial charge on any atom is -0.0159 e. The second kappa shape index (κ2) is 22.7. The first-order valence-electron chi connectivity index (χ1n) is 23.3. The molecule has 4 fully saturated rings. The van der Waals surface area contributed by atoms with Crippen LogP contribution in [0.25, 0.3) is 0 Å². The van der Waals surface area contributed by atoms with E-state index in [0.29, 0.717) is 0 Å². The zero-order valence-corrected chi connectivity index (χ0v) is 37.2. The first-order valence-corrected chi connectivity index (χ1v) is 23.3. The highest BCUT2D eigenvalue weighted by atomic mass is 14.3.